The Bertz CT molecular complexity index is 670. The van der Waals surface area contributed by atoms with Crippen LogP contribution in [0.25, 0.3) is 11.6 Å². The highest BCUT2D eigenvalue weighted by atomic mass is 35.5. The van der Waals surface area contributed by atoms with Crippen molar-refractivity contribution in [1.29, 1.82) is 5.26 Å². The largest absolute Gasteiger partial charge is 0.508 e. The molecule has 0 heterocycles. The lowest BCUT2D eigenvalue weighted by Gasteiger charge is -2.03. The quantitative estimate of drug-likeness (QED) is 0.640. The van der Waals surface area contributed by atoms with Crippen LogP contribution in [0.2, 0.25) is 10.0 Å². The minimum Gasteiger partial charge on any atom is -0.508 e. The molecule has 0 aromatic heterocycles. The van der Waals surface area contributed by atoms with Gasteiger partial charge in [-0.2, -0.15) is 5.26 Å². The van der Waals surface area contributed by atoms with Crippen LogP contribution in [0.3, 0.4) is 0 Å². The van der Waals surface area contributed by atoms with Gasteiger partial charge in [0.15, 0.2) is 0 Å². The van der Waals surface area contributed by atoms with Crippen molar-refractivity contribution >= 4 is 34.9 Å². The third-order valence-electron chi connectivity index (χ3n) is 2.55. The van der Waals surface area contributed by atoms with Crippen molar-refractivity contribution in [2.75, 3.05) is 0 Å². The molecular formula is C15H9Cl2NO. The molecule has 1 N–H and O–H groups in total. The molecule has 0 bridgehead atoms. The Morgan fingerprint density at radius 3 is 2.37 bits per heavy atom. The summed E-state index contributed by atoms with van der Waals surface area (Å²) in [5.74, 6) is 0.181. The molecule has 0 radical (unpaired) electrons. The van der Waals surface area contributed by atoms with E-state index < -0.39 is 0 Å². The number of phenols is 1. The van der Waals surface area contributed by atoms with Gasteiger partial charge in [-0.1, -0.05) is 41.4 Å². The predicted octanol–water partition coefficient (Wildman–Crippen LogP) is 4.76. The van der Waals surface area contributed by atoms with E-state index >= 15 is 0 Å². The summed E-state index contributed by atoms with van der Waals surface area (Å²) in [6.45, 7) is 0. The third kappa shape index (κ3) is 3.29. The maximum Gasteiger partial charge on any atom is 0.115 e. The molecule has 0 saturated carbocycles. The number of nitrogens with zero attached hydrogens (tertiary/aromatic N) is 1. The van der Waals surface area contributed by atoms with Gasteiger partial charge in [0, 0.05) is 10.6 Å². The van der Waals surface area contributed by atoms with Gasteiger partial charge in [0.05, 0.1) is 16.7 Å². The zero-order chi connectivity index (χ0) is 13.8. The lowest BCUT2D eigenvalue weighted by atomic mass is 10.0. The number of nitriles is 1. The van der Waals surface area contributed by atoms with Crippen molar-refractivity contribution in [1.82, 2.24) is 0 Å². The number of hydrogen-bond donors (Lipinski definition) is 1. The highest BCUT2D eigenvalue weighted by molar-refractivity contribution is 6.36. The molecule has 0 atom stereocenters. The van der Waals surface area contributed by atoms with Gasteiger partial charge in [0.2, 0.25) is 0 Å². The topological polar surface area (TPSA) is 44.0 Å². The first-order valence-electron chi connectivity index (χ1n) is 5.46. The number of phenolic OH excluding ortho intramolecular Hbond substituents is 1. The maximum absolute atomic E-state index is 9.23. The Labute approximate surface area is 121 Å². The average molecular weight is 290 g/mol. The van der Waals surface area contributed by atoms with Crippen LogP contribution in [0.15, 0.2) is 42.5 Å². The predicted molar refractivity (Wildman–Crippen MR) is 78.1 cm³/mol. The summed E-state index contributed by atoms with van der Waals surface area (Å²) < 4.78 is 0. The molecule has 2 aromatic carbocycles. The molecule has 2 rings (SSSR count). The Kier molecular flexibility index (Phi) is 4.11. The number of benzene rings is 2. The summed E-state index contributed by atoms with van der Waals surface area (Å²) in [7, 11) is 0. The SMILES string of the molecule is N#C/C(=C/c1ccc(O)cc1)c1ccc(Cl)cc1Cl. The van der Waals surface area contributed by atoms with Crippen LogP contribution in [0.1, 0.15) is 11.1 Å². The van der Waals surface area contributed by atoms with E-state index in [0.29, 0.717) is 21.2 Å². The normalized spacial score (nSPS) is 11.1. The zero-order valence-corrected chi connectivity index (χ0v) is 11.3. The van der Waals surface area contributed by atoms with Crippen molar-refractivity contribution in [2.45, 2.75) is 0 Å². The van der Waals surface area contributed by atoms with E-state index in [2.05, 4.69) is 6.07 Å². The molecular weight excluding hydrogens is 281 g/mol. The fourth-order valence-electron chi connectivity index (χ4n) is 1.62. The zero-order valence-electron chi connectivity index (χ0n) is 9.77. The van der Waals surface area contributed by atoms with Crippen LogP contribution < -0.4 is 0 Å². The van der Waals surface area contributed by atoms with Gasteiger partial charge in [-0.15, -0.1) is 0 Å². The van der Waals surface area contributed by atoms with Gasteiger partial charge < -0.3 is 5.11 Å². The lowest BCUT2D eigenvalue weighted by molar-refractivity contribution is 0.475. The number of allylic oxidation sites excluding steroid dienone is 1. The van der Waals surface area contributed by atoms with Crippen LogP contribution in [-0.4, -0.2) is 5.11 Å². The first-order chi connectivity index (χ1) is 9.10. The molecule has 2 aromatic rings. The Hall–Kier alpha value is -1.95. The lowest BCUT2D eigenvalue weighted by Crippen LogP contribution is -1.84. The van der Waals surface area contributed by atoms with Crippen LogP contribution in [0.4, 0.5) is 0 Å². The fourth-order valence-corrected chi connectivity index (χ4v) is 2.13. The van der Waals surface area contributed by atoms with E-state index in [1.165, 1.54) is 0 Å². The molecule has 2 nitrogen and oxygen atoms in total. The summed E-state index contributed by atoms with van der Waals surface area (Å²) in [6, 6.07) is 13.7. The van der Waals surface area contributed by atoms with Crippen molar-refractivity contribution in [3.8, 4) is 11.8 Å². The molecule has 4 heteroatoms. The van der Waals surface area contributed by atoms with Crippen LogP contribution in [0, 0.1) is 11.3 Å². The van der Waals surface area contributed by atoms with E-state index in [1.807, 2.05) is 0 Å². The van der Waals surface area contributed by atoms with Crippen LogP contribution >= 0.6 is 23.2 Å². The second kappa shape index (κ2) is 5.79. The summed E-state index contributed by atoms with van der Waals surface area (Å²) in [6.07, 6.45) is 1.70. The van der Waals surface area contributed by atoms with Crippen molar-refractivity contribution < 1.29 is 5.11 Å². The standard InChI is InChI=1S/C15H9Cl2NO/c16-12-3-6-14(15(17)8-12)11(9-18)7-10-1-4-13(19)5-2-10/h1-8,19H/b11-7-. The van der Waals surface area contributed by atoms with Gasteiger partial charge >= 0.3 is 0 Å². The second-order valence-corrected chi connectivity index (χ2v) is 4.73. The second-order valence-electron chi connectivity index (χ2n) is 3.89. The van der Waals surface area contributed by atoms with Gasteiger partial charge in [-0.25, -0.2) is 0 Å². The van der Waals surface area contributed by atoms with Gasteiger partial charge in [-0.3, -0.25) is 0 Å². The molecule has 0 unspecified atom stereocenters. The highest BCUT2D eigenvalue weighted by Crippen LogP contribution is 2.28. The number of aromatic hydroxyl groups is 1. The summed E-state index contributed by atoms with van der Waals surface area (Å²) >= 11 is 11.9. The fraction of sp³-hybridized carbons (Fsp3) is 0. The molecule has 0 fully saturated rings. The smallest absolute Gasteiger partial charge is 0.115 e. The van der Waals surface area contributed by atoms with Crippen LogP contribution in [0.5, 0.6) is 5.75 Å². The Balaban J connectivity index is 2.45. The van der Waals surface area contributed by atoms with E-state index in [0.717, 1.165) is 5.56 Å². The molecule has 0 aliphatic heterocycles. The van der Waals surface area contributed by atoms with E-state index in [9.17, 15) is 10.4 Å². The molecule has 0 saturated heterocycles. The minimum absolute atomic E-state index is 0.181. The molecule has 0 aliphatic carbocycles. The average Bonchev–Trinajstić information content (AvgIpc) is 2.39. The van der Waals surface area contributed by atoms with Crippen molar-refractivity contribution in [2.24, 2.45) is 0 Å². The molecule has 0 aliphatic rings. The molecule has 0 amide bonds. The van der Waals surface area contributed by atoms with Crippen molar-refractivity contribution in [3.63, 3.8) is 0 Å². The molecule has 94 valence electrons. The monoisotopic (exact) mass is 289 g/mol. The minimum atomic E-state index is 0.181. The van der Waals surface area contributed by atoms with Crippen LogP contribution in [-0.2, 0) is 0 Å². The molecule has 19 heavy (non-hydrogen) atoms. The van der Waals surface area contributed by atoms with E-state index in [-0.39, 0.29) is 5.75 Å². The Morgan fingerprint density at radius 2 is 1.79 bits per heavy atom. The summed E-state index contributed by atoms with van der Waals surface area (Å²) in [5, 5.41) is 19.4. The van der Waals surface area contributed by atoms with E-state index in [1.54, 1.807) is 48.5 Å². The molecule has 0 spiro atoms. The third-order valence-corrected chi connectivity index (χ3v) is 3.09. The first-order valence-corrected chi connectivity index (χ1v) is 6.22. The van der Waals surface area contributed by atoms with Gasteiger partial charge in [0.1, 0.15) is 5.75 Å². The van der Waals surface area contributed by atoms with Crippen molar-refractivity contribution in [3.05, 3.63) is 63.6 Å². The maximum atomic E-state index is 9.23. The first kappa shape index (κ1) is 13.5. The van der Waals surface area contributed by atoms with Gasteiger partial charge in [0.25, 0.3) is 0 Å². The summed E-state index contributed by atoms with van der Waals surface area (Å²) in [5.41, 5.74) is 1.87. The number of hydrogen-bond acceptors (Lipinski definition) is 2. The number of halogens is 2. The van der Waals surface area contributed by atoms with Gasteiger partial charge in [-0.05, 0) is 35.9 Å². The van der Waals surface area contributed by atoms with E-state index in [4.69, 9.17) is 23.2 Å². The number of rotatable bonds is 2. The highest BCUT2D eigenvalue weighted by Gasteiger charge is 2.07. The Morgan fingerprint density at radius 1 is 1.11 bits per heavy atom. The summed E-state index contributed by atoms with van der Waals surface area (Å²) in [4.78, 5) is 0.